The molecule has 7 heteroatoms. The molecule has 0 unspecified atom stereocenters. The highest BCUT2D eigenvalue weighted by Gasteiger charge is 2.13. The molecule has 0 saturated carbocycles. The van der Waals surface area contributed by atoms with Crippen molar-refractivity contribution < 1.29 is 9.50 Å². The van der Waals surface area contributed by atoms with E-state index < -0.39 is 12.4 Å². The molecule has 1 aromatic carbocycles. The Kier molecular flexibility index (Phi) is 5.21. The number of pyridine rings is 1. The molecule has 2 heterocycles. The summed E-state index contributed by atoms with van der Waals surface area (Å²) in [5.41, 5.74) is 1.61. The van der Waals surface area contributed by atoms with Gasteiger partial charge in [-0.1, -0.05) is 19.0 Å². The van der Waals surface area contributed by atoms with E-state index in [9.17, 15) is 14.3 Å². The average molecular weight is 350 g/mol. The van der Waals surface area contributed by atoms with Crippen molar-refractivity contribution in [1.82, 2.24) is 9.38 Å². The predicted molar refractivity (Wildman–Crippen MR) is 93.5 cm³/mol. The Labute approximate surface area is 143 Å². The van der Waals surface area contributed by atoms with Gasteiger partial charge in [0.15, 0.2) is 0 Å². The van der Waals surface area contributed by atoms with Crippen LogP contribution in [0.3, 0.4) is 0 Å². The maximum atomic E-state index is 13.2. The van der Waals surface area contributed by atoms with Crippen LogP contribution in [0.1, 0.15) is 18.6 Å². The quantitative estimate of drug-likeness (QED) is 0.757. The molecule has 0 radical (unpaired) electrons. The highest BCUT2D eigenvalue weighted by Crippen LogP contribution is 2.23. The molecule has 126 valence electrons. The van der Waals surface area contributed by atoms with Crippen molar-refractivity contribution in [3.63, 3.8) is 0 Å². The van der Waals surface area contributed by atoms with Crippen LogP contribution in [0, 0.1) is 12.7 Å². The van der Waals surface area contributed by atoms with E-state index in [1.54, 1.807) is 18.3 Å². The molecule has 24 heavy (non-hydrogen) atoms. The van der Waals surface area contributed by atoms with Crippen molar-refractivity contribution in [2.45, 2.75) is 21.0 Å². The number of aliphatic hydroxyl groups excluding tert-OH is 1. The van der Waals surface area contributed by atoms with Gasteiger partial charge in [-0.05, 0) is 42.8 Å². The van der Waals surface area contributed by atoms with E-state index in [1.165, 1.54) is 22.6 Å². The van der Waals surface area contributed by atoms with Gasteiger partial charge in [-0.15, -0.1) is 0 Å². The number of nitrogens with one attached hydrogen (secondary N) is 1. The topological polar surface area (TPSA) is 66.6 Å². The van der Waals surface area contributed by atoms with Gasteiger partial charge in [-0.2, -0.15) is 0 Å². The van der Waals surface area contributed by atoms with Crippen molar-refractivity contribution in [3.05, 3.63) is 68.8 Å². The van der Waals surface area contributed by atoms with Crippen molar-refractivity contribution in [3.8, 4) is 0 Å². The Hall–Kier alpha value is -2.44. The lowest BCUT2D eigenvalue weighted by atomic mass is 10.2. The number of hydrogen-bond acceptors (Lipinski definition) is 4. The van der Waals surface area contributed by atoms with E-state index in [-0.39, 0.29) is 29.4 Å². The summed E-state index contributed by atoms with van der Waals surface area (Å²) in [6, 6.07) is 7.61. The molecule has 0 spiro atoms. The number of rotatable bonds is 3. The van der Waals surface area contributed by atoms with Crippen molar-refractivity contribution in [2.75, 3.05) is 5.32 Å². The molecule has 0 amide bonds. The maximum Gasteiger partial charge on any atom is 0.265 e. The number of aryl methyl sites for hydroxylation is 1. The summed E-state index contributed by atoms with van der Waals surface area (Å²) in [6.45, 7) is 1.42. The van der Waals surface area contributed by atoms with E-state index >= 15 is 0 Å². The van der Waals surface area contributed by atoms with Crippen LogP contribution in [0.25, 0.3) is 5.65 Å². The van der Waals surface area contributed by atoms with Gasteiger partial charge in [0, 0.05) is 11.9 Å². The molecule has 0 aliphatic rings. The normalized spacial score (nSPS) is 10.5. The lowest BCUT2D eigenvalue weighted by Gasteiger charge is -2.12. The first-order chi connectivity index (χ1) is 11.0. The van der Waals surface area contributed by atoms with Crippen LogP contribution in [-0.4, -0.2) is 14.5 Å². The van der Waals surface area contributed by atoms with Crippen LogP contribution >= 0.6 is 11.6 Å². The van der Waals surface area contributed by atoms with E-state index in [4.69, 9.17) is 11.6 Å². The Morgan fingerprint density at radius 1 is 1.33 bits per heavy atom. The Morgan fingerprint density at radius 2 is 2.08 bits per heavy atom. The zero-order valence-electron chi connectivity index (χ0n) is 12.2. The fourth-order valence-electron chi connectivity index (χ4n) is 2.23. The molecule has 0 aliphatic carbocycles. The first kappa shape index (κ1) is 17.9. The summed E-state index contributed by atoms with van der Waals surface area (Å²) in [7, 11) is 0. The third kappa shape index (κ3) is 3.25. The maximum absolute atomic E-state index is 13.2. The molecule has 0 saturated heterocycles. The lowest BCUT2D eigenvalue weighted by Crippen LogP contribution is -2.22. The van der Waals surface area contributed by atoms with E-state index in [2.05, 4.69) is 10.3 Å². The SMILES string of the molecule is C.Cc1ccn2c(=O)c(CO)c(Nc3ccc(F)c(Cl)c3)nc2c1. The van der Waals surface area contributed by atoms with Gasteiger partial charge in [0.1, 0.15) is 17.3 Å². The molecule has 0 aliphatic heterocycles. The van der Waals surface area contributed by atoms with Gasteiger partial charge in [0.25, 0.3) is 5.56 Å². The van der Waals surface area contributed by atoms with Crippen LogP contribution < -0.4 is 10.9 Å². The highest BCUT2D eigenvalue weighted by molar-refractivity contribution is 6.31. The lowest BCUT2D eigenvalue weighted by molar-refractivity contribution is 0.280. The predicted octanol–water partition coefficient (Wildman–Crippen LogP) is 3.67. The molecule has 5 nitrogen and oxygen atoms in total. The summed E-state index contributed by atoms with van der Waals surface area (Å²) in [6.07, 6.45) is 1.61. The number of benzene rings is 1. The summed E-state index contributed by atoms with van der Waals surface area (Å²) in [5.74, 6) is -0.326. The zero-order valence-corrected chi connectivity index (χ0v) is 12.9. The van der Waals surface area contributed by atoms with Crippen molar-refractivity contribution in [2.24, 2.45) is 0 Å². The second-order valence-corrected chi connectivity index (χ2v) is 5.50. The number of nitrogens with zero attached hydrogens (tertiary/aromatic N) is 2. The van der Waals surface area contributed by atoms with Crippen molar-refractivity contribution in [1.29, 1.82) is 0 Å². The molecule has 0 fully saturated rings. The zero-order chi connectivity index (χ0) is 16.6. The third-order valence-electron chi connectivity index (χ3n) is 3.42. The van der Waals surface area contributed by atoms with E-state index in [0.29, 0.717) is 11.3 Å². The second-order valence-electron chi connectivity index (χ2n) is 5.09. The van der Waals surface area contributed by atoms with Crippen LogP contribution in [0.15, 0.2) is 41.3 Å². The number of halogens is 2. The first-order valence-corrected chi connectivity index (χ1v) is 7.22. The smallest absolute Gasteiger partial charge is 0.265 e. The Bertz CT molecular complexity index is 956. The fourth-order valence-corrected chi connectivity index (χ4v) is 2.41. The summed E-state index contributed by atoms with van der Waals surface area (Å²) in [5, 5.41) is 12.4. The monoisotopic (exact) mass is 349 g/mol. The van der Waals surface area contributed by atoms with Crippen molar-refractivity contribution >= 4 is 28.8 Å². The van der Waals surface area contributed by atoms with Crippen LogP contribution in [-0.2, 0) is 6.61 Å². The second kappa shape index (κ2) is 6.98. The fraction of sp³-hybridized carbons (Fsp3) is 0.176. The minimum absolute atomic E-state index is 0. The van der Waals surface area contributed by atoms with Gasteiger partial charge in [0.2, 0.25) is 0 Å². The minimum atomic E-state index is -0.540. The molecular weight excluding hydrogens is 333 g/mol. The third-order valence-corrected chi connectivity index (χ3v) is 3.71. The number of aromatic nitrogens is 2. The van der Waals surface area contributed by atoms with Crippen LogP contribution in [0.2, 0.25) is 5.02 Å². The number of aliphatic hydroxyl groups is 1. The minimum Gasteiger partial charge on any atom is -0.391 e. The van der Waals surface area contributed by atoms with E-state index in [0.717, 1.165) is 5.56 Å². The van der Waals surface area contributed by atoms with E-state index in [1.807, 2.05) is 6.92 Å². The number of hydrogen-bond donors (Lipinski definition) is 2. The summed E-state index contributed by atoms with van der Waals surface area (Å²) < 4.78 is 14.6. The molecule has 0 bridgehead atoms. The summed E-state index contributed by atoms with van der Waals surface area (Å²) >= 11 is 5.75. The van der Waals surface area contributed by atoms with Gasteiger partial charge in [-0.3, -0.25) is 9.20 Å². The standard InChI is InChI=1S/C16H13ClFN3O2.CH4/c1-9-4-5-21-14(6-9)20-15(11(8-22)16(21)23)19-10-2-3-13(18)12(17)7-10;/h2-7,19,22H,8H2,1H3;1H4. The molecule has 2 N–H and O–H groups in total. The number of anilines is 2. The Morgan fingerprint density at radius 3 is 2.75 bits per heavy atom. The van der Waals surface area contributed by atoms with Crippen LogP contribution in [0.5, 0.6) is 0 Å². The van der Waals surface area contributed by atoms with Gasteiger partial charge in [0.05, 0.1) is 17.2 Å². The van der Waals surface area contributed by atoms with Gasteiger partial charge >= 0.3 is 0 Å². The molecule has 3 aromatic rings. The van der Waals surface area contributed by atoms with Gasteiger partial charge in [-0.25, -0.2) is 9.37 Å². The summed E-state index contributed by atoms with van der Waals surface area (Å²) in [4.78, 5) is 16.8. The Balaban J connectivity index is 0.00000208. The molecular formula is C17H17ClFN3O2. The average Bonchev–Trinajstić information content (AvgIpc) is 2.51. The largest absolute Gasteiger partial charge is 0.391 e. The first-order valence-electron chi connectivity index (χ1n) is 6.84. The highest BCUT2D eigenvalue weighted by atomic mass is 35.5. The molecule has 0 atom stereocenters. The van der Waals surface area contributed by atoms with Crippen LogP contribution in [0.4, 0.5) is 15.9 Å². The molecule has 3 rings (SSSR count). The number of fused-ring (bicyclic) bond motifs is 1. The van der Waals surface area contributed by atoms with Gasteiger partial charge < -0.3 is 10.4 Å². The molecule has 2 aromatic heterocycles.